The maximum atomic E-state index is 2.86. The average molecular weight is 1120 g/mol. The summed E-state index contributed by atoms with van der Waals surface area (Å²) in [5.74, 6) is 0. The Morgan fingerprint density at radius 3 is 1.05 bits per heavy atom. The molecule has 0 radical (unpaired) electrons. The zero-order chi connectivity index (χ0) is 60.7. The third-order valence-electron chi connectivity index (χ3n) is 20.0. The van der Waals surface area contributed by atoms with Gasteiger partial charge in [-0.15, -0.1) is 0 Å². The van der Waals surface area contributed by atoms with E-state index in [9.17, 15) is 0 Å². The number of para-hydroxylation sites is 2. The summed E-state index contributed by atoms with van der Waals surface area (Å²) >= 11 is 0. The number of benzene rings is 8. The second-order valence-corrected chi connectivity index (χ2v) is 33.3. The molecule has 0 aliphatic carbocycles. The van der Waals surface area contributed by atoms with Crippen molar-refractivity contribution in [3.05, 3.63) is 178 Å². The molecular weight excluding hydrogens is 1030 g/mol. The third kappa shape index (κ3) is 8.07. The summed E-state index contributed by atoms with van der Waals surface area (Å²) in [5.41, 5.74) is 34.0. The molecule has 8 aromatic carbocycles. The lowest BCUT2D eigenvalue weighted by Gasteiger charge is -2.43. The number of rotatable bonds is 2. The van der Waals surface area contributed by atoms with Crippen LogP contribution in [-0.2, 0) is 37.9 Å². The molecule has 0 saturated carbocycles. The third-order valence-corrected chi connectivity index (χ3v) is 20.0. The summed E-state index contributed by atoms with van der Waals surface area (Å²) < 4.78 is 5.70. The first kappa shape index (κ1) is 55.7. The molecule has 6 heterocycles. The van der Waals surface area contributed by atoms with Gasteiger partial charge in [0.15, 0.2) is 0 Å². The molecule has 4 nitrogen and oxygen atoms in total. The molecule has 85 heavy (non-hydrogen) atoms. The highest BCUT2D eigenvalue weighted by Crippen LogP contribution is 2.54. The minimum atomic E-state index is -0.142. The van der Waals surface area contributed by atoms with Gasteiger partial charge in [-0.3, -0.25) is 0 Å². The molecule has 0 fully saturated rings. The topological polar surface area (TPSA) is 16.3 Å². The summed E-state index contributed by atoms with van der Waals surface area (Å²) in [5, 5.41) is 2.63. The fraction of sp³-hybridized carbons (Fsp3) is 0.367. The summed E-state index contributed by atoms with van der Waals surface area (Å²) in [6.07, 6.45) is 0. The maximum absolute atomic E-state index is 2.86. The Balaban J connectivity index is 1.13. The fourth-order valence-corrected chi connectivity index (χ4v) is 15.2. The number of hydrogen-bond donors (Lipinski definition) is 0. The van der Waals surface area contributed by atoms with E-state index < -0.39 is 0 Å². The number of hydrogen-bond acceptors (Lipinski definition) is 2. The molecule has 0 bridgehead atoms. The second-order valence-electron chi connectivity index (χ2n) is 33.3. The Kier molecular flexibility index (Phi) is 11.5. The Hall–Kier alpha value is -7.17. The largest absolute Gasteiger partial charge is 0.374 e. The Morgan fingerprint density at radius 2 is 0.671 bits per heavy atom. The SMILES string of the molecule is Cc1ccc2c3c1-c1cccc4c1n(c1c5cccc6c5n(c41)B1c4ccc(C(C)(C)C)cc4N(c4cc(C(C)(C)C)cc(C(C)(C)C)c4)c4ccc(C(C)(C)C)c-6c41)B3c1ccc(C(C)(C)C)cc1N2c1cc(C(C)(C)C)cc(C(C)(C)C)c1. The number of aryl methyl sites for hydroxylation is 1. The predicted molar refractivity (Wildman–Crippen MR) is 372 cm³/mol. The van der Waals surface area contributed by atoms with E-state index >= 15 is 0 Å². The van der Waals surface area contributed by atoms with Gasteiger partial charge in [-0.2, -0.15) is 0 Å². The van der Waals surface area contributed by atoms with Crippen LogP contribution in [0.25, 0.3) is 55.1 Å². The summed E-state index contributed by atoms with van der Waals surface area (Å²) in [4.78, 5) is 5.34. The van der Waals surface area contributed by atoms with Gasteiger partial charge in [0.1, 0.15) is 0 Å². The van der Waals surface area contributed by atoms with E-state index in [1.807, 2.05) is 0 Å². The highest BCUT2D eigenvalue weighted by Gasteiger charge is 2.49. The molecule has 0 amide bonds. The lowest BCUT2D eigenvalue weighted by Crippen LogP contribution is -2.57. The van der Waals surface area contributed by atoms with Gasteiger partial charge in [0.05, 0.1) is 11.0 Å². The predicted octanol–water partition coefficient (Wildman–Crippen LogP) is 19.0. The van der Waals surface area contributed by atoms with Crippen LogP contribution in [-0.4, -0.2) is 22.7 Å². The molecule has 4 aliphatic rings. The number of anilines is 6. The fourth-order valence-electron chi connectivity index (χ4n) is 15.2. The molecule has 0 atom stereocenters. The van der Waals surface area contributed by atoms with E-state index in [0.717, 1.165) is 0 Å². The average Bonchev–Trinajstić information content (AvgIpc) is 1.56. The molecular formula is C79H88B2N4. The van der Waals surface area contributed by atoms with Crippen molar-refractivity contribution in [2.45, 2.75) is 190 Å². The van der Waals surface area contributed by atoms with Gasteiger partial charge >= 0.3 is 13.7 Å². The van der Waals surface area contributed by atoms with E-state index in [4.69, 9.17) is 0 Å². The monoisotopic (exact) mass is 1110 g/mol. The van der Waals surface area contributed by atoms with E-state index in [-0.39, 0.29) is 51.6 Å². The molecule has 430 valence electrons. The summed E-state index contributed by atoms with van der Waals surface area (Å²) in [6, 6.07) is 54.4. The maximum Gasteiger partial charge on any atom is 0.333 e. The lowest BCUT2D eigenvalue weighted by molar-refractivity contribution is 0.568. The molecule has 4 aliphatic heterocycles. The van der Waals surface area contributed by atoms with Crippen LogP contribution >= 0.6 is 0 Å². The van der Waals surface area contributed by atoms with Gasteiger partial charge in [0, 0.05) is 67.1 Å². The number of fused-ring (bicyclic) bond motifs is 13. The molecule has 10 aromatic rings. The van der Waals surface area contributed by atoms with Gasteiger partial charge in [0.25, 0.3) is 0 Å². The Morgan fingerprint density at radius 1 is 0.306 bits per heavy atom. The Labute approximate surface area is 508 Å². The minimum absolute atomic E-state index is 0.0532. The van der Waals surface area contributed by atoms with Gasteiger partial charge in [-0.1, -0.05) is 230 Å². The summed E-state index contributed by atoms with van der Waals surface area (Å²) in [7, 11) is 0. The molecule has 0 saturated heterocycles. The van der Waals surface area contributed by atoms with E-state index in [1.54, 1.807) is 0 Å². The van der Waals surface area contributed by atoms with Crippen molar-refractivity contribution < 1.29 is 0 Å². The molecule has 0 N–H and O–H groups in total. The van der Waals surface area contributed by atoms with E-state index in [2.05, 4.69) is 305 Å². The van der Waals surface area contributed by atoms with Crippen LogP contribution < -0.4 is 31.7 Å². The highest BCUT2D eigenvalue weighted by molar-refractivity contribution is 6.92. The zero-order valence-electron chi connectivity index (χ0n) is 55.1. The van der Waals surface area contributed by atoms with Crippen LogP contribution in [0, 0.1) is 6.92 Å². The van der Waals surface area contributed by atoms with Gasteiger partial charge in [-0.25, -0.2) is 0 Å². The van der Waals surface area contributed by atoms with Crippen molar-refractivity contribution >= 4 is 103 Å². The molecule has 0 spiro atoms. The molecule has 14 rings (SSSR count). The van der Waals surface area contributed by atoms with Crippen molar-refractivity contribution in [3.63, 3.8) is 0 Å². The zero-order valence-corrected chi connectivity index (χ0v) is 55.1. The van der Waals surface area contributed by atoms with E-state index in [0.29, 0.717) is 0 Å². The normalized spacial score (nSPS) is 14.8. The van der Waals surface area contributed by atoms with Gasteiger partial charge < -0.3 is 18.8 Å². The minimum Gasteiger partial charge on any atom is -0.374 e. The molecule has 6 heteroatoms. The smallest absolute Gasteiger partial charge is 0.333 e. The Bertz CT molecular complexity index is 4480. The van der Waals surface area contributed by atoms with Crippen LogP contribution in [0.5, 0.6) is 0 Å². The van der Waals surface area contributed by atoms with Gasteiger partial charge in [0.2, 0.25) is 0 Å². The van der Waals surface area contributed by atoms with E-state index in [1.165, 1.54) is 156 Å². The van der Waals surface area contributed by atoms with Crippen molar-refractivity contribution in [2.24, 2.45) is 0 Å². The van der Waals surface area contributed by atoms with Gasteiger partial charge in [-0.05, 0) is 171 Å². The second kappa shape index (κ2) is 17.5. The van der Waals surface area contributed by atoms with Crippen molar-refractivity contribution in [2.75, 3.05) is 9.80 Å². The van der Waals surface area contributed by atoms with Crippen LogP contribution in [0.15, 0.2) is 133 Å². The molecule has 0 unspecified atom stereocenters. The van der Waals surface area contributed by atoms with Crippen LogP contribution in [0.1, 0.15) is 190 Å². The number of aromatic nitrogens is 2. The van der Waals surface area contributed by atoms with Crippen LogP contribution in [0.3, 0.4) is 0 Å². The molecule has 2 aromatic heterocycles. The quantitative estimate of drug-likeness (QED) is 0.160. The first-order valence-electron chi connectivity index (χ1n) is 31.7. The van der Waals surface area contributed by atoms with Crippen molar-refractivity contribution in [1.29, 1.82) is 0 Å². The lowest BCUT2D eigenvalue weighted by atomic mass is 9.44. The number of nitrogens with zero attached hydrogens (tertiary/aromatic N) is 4. The summed E-state index contributed by atoms with van der Waals surface area (Å²) in [6.45, 7) is 52.0. The van der Waals surface area contributed by atoms with Crippen molar-refractivity contribution in [3.8, 4) is 22.3 Å². The first-order chi connectivity index (χ1) is 39.5. The standard InChI is InChI=1S/C79H88B2N4/c1-45-29-35-61-67-65(45)54-25-23-27-56-69(54)84(80(67)59-33-30-46(73(2,3)4)43-63(59)82(61)52-39-48(75(8,9)10)37-49(40-52)76(11,12)13)72-57-28-24-26-55-66-58(79(20,21)22)32-36-62-68(66)81(85(70(55)57)71(56)72)60-34-31-47(74(5,6)7)44-64(60)83(62)53-41-50(77(14,15)16)38-51(42-53)78(17,18)19/h23-44H,1-22H3. The van der Waals surface area contributed by atoms with Crippen LogP contribution in [0.2, 0.25) is 0 Å². The van der Waals surface area contributed by atoms with Crippen molar-refractivity contribution in [1.82, 2.24) is 8.96 Å². The first-order valence-corrected chi connectivity index (χ1v) is 31.7. The van der Waals surface area contributed by atoms with Crippen LogP contribution in [0.4, 0.5) is 34.1 Å². The highest BCUT2D eigenvalue weighted by atomic mass is 15.2.